The van der Waals surface area contributed by atoms with E-state index in [1.54, 1.807) is 0 Å². The highest BCUT2D eigenvalue weighted by atomic mass is 16.5. The number of nitrogens with zero attached hydrogens (tertiary/aromatic N) is 2. The number of rotatable bonds is 7. The van der Waals surface area contributed by atoms with Gasteiger partial charge in [-0.2, -0.15) is 0 Å². The van der Waals surface area contributed by atoms with Crippen LogP contribution in [0.2, 0.25) is 0 Å². The van der Waals surface area contributed by atoms with E-state index in [0.717, 1.165) is 50.3 Å². The van der Waals surface area contributed by atoms with Crippen molar-refractivity contribution in [2.45, 2.75) is 51.7 Å². The number of likely N-dealkylation sites (N-methyl/N-ethyl adjacent to an activating group) is 1. The van der Waals surface area contributed by atoms with E-state index >= 15 is 0 Å². The molecule has 1 aliphatic carbocycles. The van der Waals surface area contributed by atoms with Gasteiger partial charge < -0.3 is 19.9 Å². The third kappa shape index (κ3) is 5.59. The number of piperazine rings is 1. The third-order valence-electron chi connectivity index (χ3n) is 6.53. The van der Waals surface area contributed by atoms with Gasteiger partial charge in [-0.15, -0.1) is 0 Å². The second-order valence-corrected chi connectivity index (χ2v) is 8.83. The molecule has 0 saturated carbocycles. The molecule has 1 atom stereocenters. The Morgan fingerprint density at radius 1 is 1.00 bits per heavy atom. The van der Waals surface area contributed by atoms with E-state index in [1.165, 1.54) is 29.7 Å². The highest BCUT2D eigenvalue weighted by molar-refractivity contribution is 5.81. The summed E-state index contributed by atoms with van der Waals surface area (Å²) in [5.74, 6) is 0.752. The number of anilines is 1. The van der Waals surface area contributed by atoms with Crippen molar-refractivity contribution >= 4 is 11.6 Å². The lowest BCUT2D eigenvalue weighted by Crippen LogP contribution is -2.44. The first kappa shape index (κ1) is 21.7. The zero-order valence-corrected chi connectivity index (χ0v) is 18.9. The number of aryl methyl sites for hydroxylation is 2. The predicted octanol–water partition coefficient (Wildman–Crippen LogP) is 3.79. The molecule has 2 aliphatic rings. The molecule has 4 rings (SSSR count). The molecule has 5 nitrogen and oxygen atoms in total. The van der Waals surface area contributed by atoms with Gasteiger partial charge >= 0.3 is 0 Å². The van der Waals surface area contributed by atoms with Gasteiger partial charge in [0, 0.05) is 38.4 Å². The molecule has 1 heterocycles. The fourth-order valence-corrected chi connectivity index (χ4v) is 4.46. The molecule has 0 bridgehead atoms. The maximum atomic E-state index is 12.7. The van der Waals surface area contributed by atoms with Gasteiger partial charge in [-0.05, 0) is 80.1 Å². The van der Waals surface area contributed by atoms with Crippen LogP contribution in [-0.4, -0.2) is 50.1 Å². The van der Waals surface area contributed by atoms with Crippen LogP contribution in [-0.2, 0) is 24.2 Å². The number of benzene rings is 2. The first-order valence-electron chi connectivity index (χ1n) is 11.7. The number of fused-ring (bicyclic) bond motifs is 1. The van der Waals surface area contributed by atoms with Crippen molar-refractivity contribution in [3.63, 3.8) is 0 Å². The maximum absolute atomic E-state index is 12.7. The summed E-state index contributed by atoms with van der Waals surface area (Å²) in [6.45, 7) is 6.83. The van der Waals surface area contributed by atoms with Gasteiger partial charge in [0.2, 0.25) is 0 Å². The molecule has 5 heteroatoms. The lowest BCUT2D eigenvalue weighted by molar-refractivity contribution is -0.128. The van der Waals surface area contributed by atoms with Crippen LogP contribution in [0, 0.1) is 0 Å². The van der Waals surface area contributed by atoms with Crippen LogP contribution in [0.4, 0.5) is 5.69 Å². The van der Waals surface area contributed by atoms with Crippen molar-refractivity contribution in [2.24, 2.45) is 0 Å². The Labute approximate surface area is 186 Å². The smallest absolute Gasteiger partial charge is 0.261 e. The standard InChI is InChI=1S/C26H35N3O2/c1-3-25(31-24-13-10-21-6-4-5-7-22(21)18-24)26(30)27-19-20-8-11-23(12-9-20)29-16-14-28(2)15-17-29/h8-13,18,25H,3-7,14-17,19H2,1-2H3,(H,27,30)/t25-/m1/s1. The van der Waals surface area contributed by atoms with Crippen LogP contribution in [0.1, 0.15) is 42.9 Å². The molecule has 1 N–H and O–H groups in total. The Morgan fingerprint density at radius 3 is 2.42 bits per heavy atom. The summed E-state index contributed by atoms with van der Waals surface area (Å²) >= 11 is 0. The molecular formula is C26H35N3O2. The topological polar surface area (TPSA) is 44.8 Å². The van der Waals surface area contributed by atoms with E-state index in [1.807, 2.05) is 13.0 Å². The maximum Gasteiger partial charge on any atom is 0.261 e. The number of carbonyl (C=O) groups is 1. The molecule has 166 valence electrons. The van der Waals surface area contributed by atoms with Crippen molar-refractivity contribution in [3.05, 3.63) is 59.2 Å². The van der Waals surface area contributed by atoms with Gasteiger partial charge in [0.05, 0.1) is 0 Å². The van der Waals surface area contributed by atoms with Crippen molar-refractivity contribution in [1.82, 2.24) is 10.2 Å². The van der Waals surface area contributed by atoms with Crippen molar-refractivity contribution in [3.8, 4) is 5.75 Å². The Bertz CT molecular complexity index is 873. The largest absolute Gasteiger partial charge is 0.481 e. The second-order valence-electron chi connectivity index (χ2n) is 8.83. The van der Waals surface area contributed by atoms with Crippen LogP contribution in [0.25, 0.3) is 0 Å². The summed E-state index contributed by atoms with van der Waals surface area (Å²) in [6, 6.07) is 14.8. The number of amides is 1. The highest BCUT2D eigenvalue weighted by Gasteiger charge is 2.19. The molecule has 0 unspecified atom stereocenters. The van der Waals surface area contributed by atoms with Crippen molar-refractivity contribution in [2.75, 3.05) is 38.1 Å². The van der Waals surface area contributed by atoms with E-state index in [9.17, 15) is 4.79 Å². The molecule has 31 heavy (non-hydrogen) atoms. The van der Waals surface area contributed by atoms with Gasteiger partial charge in [-0.3, -0.25) is 4.79 Å². The molecule has 0 radical (unpaired) electrons. The summed E-state index contributed by atoms with van der Waals surface area (Å²) in [6.07, 6.45) is 4.95. The lowest BCUT2D eigenvalue weighted by Gasteiger charge is -2.34. The fourth-order valence-electron chi connectivity index (χ4n) is 4.46. The summed E-state index contributed by atoms with van der Waals surface area (Å²) in [4.78, 5) is 17.5. The predicted molar refractivity (Wildman–Crippen MR) is 126 cm³/mol. The first-order chi connectivity index (χ1) is 15.1. The first-order valence-corrected chi connectivity index (χ1v) is 11.7. The Balaban J connectivity index is 1.30. The number of hydrogen-bond donors (Lipinski definition) is 1. The van der Waals surface area contributed by atoms with E-state index < -0.39 is 6.10 Å². The van der Waals surface area contributed by atoms with E-state index in [4.69, 9.17) is 4.74 Å². The van der Waals surface area contributed by atoms with Crippen LogP contribution in [0.3, 0.4) is 0 Å². The summed E-state index contributed by atoms with van der Waals surface area (Å²) < 4.78 is 6.06. The number of carbonyl (C=O) groups excluding carboxylic acids is 1. The molecule has 1 fully saturated rings. The molecular weight excluding hydrogens is 386 g/mol. The number of nitrogens with one attached hydrogen (secondary N) is 1. The molecule has 1 aliphatic heterocycles. The Hall–Kier alpha value is -2.53. The van der Waals surface area contributed by atoms with Gasteiger partial charge in [0.25, 0.3) is 5.91 Å². The number of hydrogen-bond acceptors (Lipinski definition) is 4. The van der Waals surface area contributed by atoms with Crippen molar-refractivity contribution < 1.29 is 9.53 Å². The van der Waals surface area contributed by atoms with Gasteiger partial charge in [0.1, 0.15) is 5.75 Å². The summed E-state index contributed by atoms with van der Waals surface area (Å²) in [5, 5.41) is 3.05. The monoisotopic (exact) mass is 421 g/mol. The molecule has 2 aromatic carbocycles. The van der Waals surface area contributed by atoms with Gasteiger partial charge in [0.15, 0.2) is 6.10 Å². The van der Waals surface area contributed by atoms with Crippen LogP contribution >= 0.6 is 0 Å². The quantitative estimate of drug-likeness (QED) is 0.739. The normalized spacial score (nSPS) is 17.7. The summed E-state index contributed by atoms with van der Waals surface area (Å²) in [5.41, 5.74) is 5.16. The molecule has 0 aromatic heterocycles. The second kappa shape index (κ2) is 10.2. The van der Waals surface area contributed by atoms with Crippen LogP contribution < -0.4 is 15.0 Å². The van der Waals surface area contributed by atoms with Gasteiger partial charge in [-0.25, -0.2) is 0 Å². The fraction of sp³-hybridized carbons (Fsp3) is 0.500. The van der Waals surface area contributed by atoms with Gasteiger partial charge in [-0.1, -0.05) is 25.1 Å². The van der Waals surface area contributed by atoms with E-state index in [-0.39, 0.29) is 5.91 Å². The van der Waals surface area contributed by atoms with E-state index in [2.05, 4.69) is 58.6 Å². The molecule has 2 aromatic rings. The zero-order chi connectivity index (χ0) is 21.6. The zero-order valence-electron chi connectivity index (χ0n) is 18.9. The van der Waals surface area contributed by atoms with Crippen LogP contribution in [0.15, 0.2) is 42.5 Å². The average Bonchev–Trinajstić information content (AvgIpc) is 2.82. The minimum absolute atomic E-state index is 0.0524. The number of ether oxygens (including phenoxy) is 1. The molecule has 1 saturated heterocycles. The molecule has 1 amide bonds. The third-order valence-corrected chi connectivity index (χ3v) is 6.53. The lowest BCUT2D eigenvalue weighted by atomic mass is 9.92. The SMILES string of the molecule is CC[C@@H](Oc1ccc2c(c1)CCCC2)C(=O)NCc1ccc(N2CCN(C)CC2)cc1. The van der Waals surface area contributed by atoms with Crippen LogP contribution in [0.5, 0.6) is 5.75 Å². The molecule has 0 spiro atoms. The van der Waals surface area contributed by atoms with Crippen molar-refractivity contribution in [1.29, 1.82) is 0 Å². The Morgan fingerprint density at radius 2 is 1.71 bits per heavy atom. The minimum Gasteiger partial charge on any atom is -0.481 e. The minimum atomic E-state index is -0.466. The average molecular weight is 422 g/mol. The Kier molecular flexibility index (Phi) is 7.13. The summed E-state index contributed by atoms with van der Waals surface area (Å²) in [7, 11) is 2.17. The highest BCUT2D eigenvalue weighted by Crippen LogP contribution is 2.26. The van der Waals surface area contributed by atoms with E-state index in [0.29, 0.717) is 13.0 Å².